The molecule has 1 amide bonds. The van der Waals surface area contributed by atoms with E-state index in [0.29, 0.717) is 23.7 Å². The Labute approximate surface area is 174 Å². The first kappa shape index (κ1) is 23.3. The van der Waals surface area contributed by atoms with Crippen molar-refractivity contribution >= 4 is 21.6 Å². The number of sulfonamides is 1. The zero-order chi connectivity index (χ0) is 22.1. The molecule has 0 aliphatic carbocycles. The molecular formula is C19H25N3O7S. The monoisotopic (exact) mass is 439 g/mol. The Balaban J connectivity index is 1.65. The van der Waals surface area contributed by atoms with Gasteiger partial charge in [0.15, 0.2) is 0 Å². The highest BCUT2D eigenvalue weighted by atomic mass is 32.2. The molecule has 10 nitrogen and oxygen atoms in total. The largest absolute Gasteiger partial charge is 0.507 e. The second-order valence-electron chi connectivity index (χ2n) is 6.46. The molecule has 1 unspecified atom stereocenters. The second kappa shape index (κ2) is 10.7. The van der Waals surface area contributed by atoms with Crippen LogP contribution >= 0.6 is 0 Å². The summed E-state index contributed by atoms with van der Waals surface area (Å²) in [5, 5.41) is 22.5. The molecule has 0 aliphatic heterocycles. The van der Waals surface area contributed by atoms with Gasteiger partial charge in [-0.1, -0.05) is 0 Å². The summed E-state index contributed by atoms with van der Waals surface area (Å²) in [6, 6.07) is 10.5. The predicted molar refractivity (Wildman–Crippen MR) is 111 cm³/mol. The maximum absolute atomic E-state index is 11.2. The van der Waals surface area contributed by atoms with Gasteiger partial charge in [0.2, 0.25) is 10.0 Å². The molecule has 0 radical (unpaired) electrons. The molecule has 0 saturated carbocycles. The third kappa shape index (κ3) is 8.15. The number of rotatable bonds is 12. The van der Waals surface area contributed by atoms with E-state index in [-0.39, 0.29) is 31.1 Å². The lowest BCUT2D eigenvalue weighted by Crippen LogP contribution is -2.33. The molecule has 2 aromatic carbocycles. The van der Waals surface area contributed by atoms with Gasteiger partial charge in [-0.25, -0.2) is 8.42 Å². The molecule has 2 rings (SSSR count). The van der Waals surface area contributed by atoms with E-state index in [1.165, 1.54) is 18.2 Å². The Morgan fingerprint density at radius 1 is 1.13 bits per heavy atom. The number of phenols is 1. The summed E-state index contributed by atoms with van der Waals surface area (Å²) in [7, 11) is -3.34. The molecule has 0 saturated heterocycles. The quantitative estimate of drug-likeness (QED) is 0.295. The number of nitrogens with one attached hydrogen (secondary N) is 2. The Kier molecular flexibility index (Phi) is 8.27. The summed E-state index contributed by atoms with van der Waals surface area (Å²) in [6.07, 6.45) is 0.295. The maximum atomic E-state index is 11.2. The molecule has 0 aliphatic rings. The summed E-state index contributed by atoms with van der Waals surface area (Å²) in [4.78, 5) is 11.2. The topological polar surface area (TPSA) is 160 Å². The Bertz CT molecular complexity index is 949. The third-order valence-corrected chi connectivity index (χ3v) is 4.37. The van der Waals surface area contributed by atoms with Crippen LogP contribution in [0.3, 0.4) is 0 Å². The number of primary amides is 1. The van der Waals surface area contributed by atoms with Crippen molar-refractivity contribution in [2.24, 2.45) is 5.73 Å². The first-order valence-electron chi connectivity index (χ1n) is 8.99. The van der Waals surface area contributed by atoms with E-state index in [2.05, 4.69) is 10.0 Å². The van der Waals surface area contributed by atoms with Gasteiger partial charge < -0.3 is 30.7 Å². The lowest BCUT2D eigenvalue weighted by molar-refractivity contribution is 0.0996. The van der Waals surface area contributed by atoms with Crippen LogP contribution in [-0.4, -0.2) is 63.2 Å². The molecule has 0 bridgehead atoms. The van der Waals surface area contributed by atoms with Crippen molar-refractivity contribution in [1.29, 1.82) is 0 Å². The van der Waals surface area contributed by atoms with Crippen LogP contribution in [-0.2, 0) is 10.0 Å². The van der Waals surface area contributed by atoms with Gasteiger partial charge in [0.1, 0.15) is 36.6 Å². The average Bonchev–Trinajstić information content (AvgIpc) is 2.67. The van der Waals surface area contributed by atoms with Crippen LogP contribution in [0.1, 0.15) is 10.4 Å². The minimum Gasteiger partial charge on any atom is -0.507 e. The molecule has 30 heavy (non-hydrogen) atoms. The summed E-state index contributed by atoms with van der Waals surface area (Å²) in [6.45, 7) is 1.01. The van der Waals surface area contributed by atoms with Crippen molar-refractivity contribution in [2.75, 3.05) is 37.3 Å². The number of aromatic hydroxyl groups is 1. The highest BCUT2D eigenvalue weighted by Gasteiger charge is 2.09. The Hall–Kier alpha value is -3.02. The van der Waals surface area contributed by atoms with Gasteiger partial charge >= 0.3 is 0 Å². The molecule has 164 valence electrons. The summed E-state index contributed by atoms with van der Waals surface area (Å²) < 4.78 is 35.6. The van der Waals surface area contributed by atoms with Gasteiger partial charge in [-0.3, -0.25) is 9.52 Å². The van der Waals surface area contributed by atoms with Gasteiger partial charge in [0.05, 0.1) is 11.8 Å². The fraction of sp³-hybridized carbons (Fsp3) is 0.316. The van der Waals surface area contributed by atoms with Crippen LogP contribution in [0.25, 0.3) is 0 Å². The van der Waals surface area contributed by atoms with Gasteiger partial charge in [0, 0.05) is 18.8 Å². The number of nitrogens with two attached hydrogens (primary N) is 1. The number of carbonyl (C=O) groups excluding carboxylic acids is 1. The molecule has 6 N–H and O–H groups in total. The van der Waals surface area contributed by atoms with E-state index in [9.17, 15) is 23.4 Å². The zero-order valence-corrected chi connectivity index (χ0v) is 17.2. The maximum Gasteiger partial charge on any atom is 0.252 e. The van der Waals surface area contributed by atoms with E-state index < -0.39 is 22.0 Å². The second-order valence-corrected chi connectivity index (χ2v) is 8.21. The summed E-state index contributed by atoms with van der Waals surface area (Å²) in [5.41, 5.74) is 5.56. The van der Waals surface area contributed by atoms with Crippen molar-refractivity contribution in [1.82, 2.24) is 5.32 Å². The van der Waals surface area contributed by atoms with Gasteiger partial charge in [-0.05, 0) is 42.5 Å². The lowest BCUT2D eigenvalue weighted by Gasteiger charge is -2.14. The number of ether oxygens (including phenoxy) is 2. The van der Waals surface area contributed by atoms with Crippen molar-refractivity contribution in [3.8, 4) is 17.2 Å². The molecule has 0 heterocycles. The zero-order valence-electron chi connectivity index (χ0n) is 16.4. The average molecular weight is 439 g/mol. The molecular weight excluding hydrogens is 414 g/mol. The molecule has 0 aromatic heterocycles. The molecule has 2 aromatic rings. The van der Waals surface area contributed by atoms with Crippen LogP contribution in [0.15, 0.2) is 42.5 Å². The van der Waals surface area contributed by atoms with Crippen LogP contribution in [0.4, 0.5) is 5.69 Å². The van der Waals surface area contributed by atoms with Gasteiger partial charge in [-0.2, -0.15) is 0 Å². The Morgan fingerprint density at radius 3 is 2.43 bits per heavy atom. The SMILES string of the molecule is CS(=O)(=O)Nc1ccc(OCC(O)CNCCOc2ccc(O)c(C(N)=O)c2)cc1. The third-order valence-electron chi connectivity index (χ3n) is 3.76. The molecule has 11 heteroatoms. The van der Waals surface area contributed by atoms with Crippen LogP contribution in [0, 0.1) is 0 Å². The van der Waals surface area contributed by atoms with Crippen LogP contribution in [0.5, 0.6) is 17.2 Å². The van der Waals surface area contributed by atoms with Gasteiger partial charge in [0.25, 0.3) is 5.91 Å². The number of hydrogen-bond donors (Lipinski definition) is 5. The van der Waals surface area contributed by atoms with Crippen molar-refractivity contribution in [3.63, 3.8) is 0 Å². The molecule has 0 fully saturated rings. The number of aliphatic hydroxyl groups excluding tert-OH is 1. The van der Waals surface area contributed by atoms with E-state index in [4.69, 9.17) is 15.2 Å². The van der Waals surface area contributed by atoms with Crippen molar-refractivity contribution in [3.05, 3.63) is 48.0 Å². The standard InChI is InChI=1S/C19H25N3O7S/c1-30(26,27)22-13-2-4-15(5-3-13)29-12-14(23)11-21-8-9-28-16-6-7-18(24)17(10-16)19(20)25/h2-7,10,14,21-24H,8-9,11-12H2,1H3,(H2,20,25). The normalized spacial score (nSPS) is 12.2. The molecule has 0 spiro atoms. The van der Waals surface area contributed by atoms with E-state index in [1.54, 1.807) is 24.3 Å². The van der Waals surface area contributed by atoms with E-state index in [1.807, 2.05) is 0 Å². The molecule has 1 atom stereocenters. The number of anilines is 1. The highest BCUT2D eigenvalue weighted by Crippen LogP contribution is 2.22. The fourth-order valence-corrected chi connectivity index (χ4v) is 2.96. The van der Waals surface area contributed by atoms with Crippen LogP contribution in [0.2, 0.25) is 0 Å². The number of carbonyl (C=O) groups is 1. The number of amides is 1. The smallest absolute Gasteiger partial charge is 0.252 e. The number of aliphatic hydroxyl groups is 1. The van der Waals surface area contributed by atoms with Gasteiger partial charge in [-0.15, -0.1) is 0 Å². The van der Waals surface area contributed by atoms with E-state index >= 15 is 0 Å². The first-order chi connectivity index (χ1) is 14.1. The summed E-state index contributed by atoms with van der Waals surface area (Å²) in [5.74, 6) is -0.0759. The highest BCUT2D eigenvalue weighted by molar-refractivity contribution is 7.92. The Morgan fingerprint density at radius 2 is 1.80 bits per heavy atom. The van der Waals surface area contributed by atoms with E-state index in [0.717, 1.165) is 6.26 Å². The minimum absolute atomic E-state index is 0.0202. The predicted octanol–water partition coefficient (Wildman–Crippen LogP) is 0.271. The number of benzene rings is 2. The lowest BCUT2D eigenvalue weighted by atomic mass is 10.2. The number of hydrogen-bond acceptors (Lipinski definition) is 8. The minimum atomic E-state index is -3.34. The van der Waals surface area contributed by atoms with Crippen molar-refractivity contribution < 1.29 is 32.9 Å². The van der Waals surface area contributed by atoms with Crippen molar-refractivity contribution in [2.45, 2.75) is 6.10 Å². The summed E-state index contributed by atoms with van der Waals surface area (Å²) >= 11 is 0. The van der Waals surface area contributed by atoms with Crippen LogP contribution < -0.4 is 25.2 Å². The fourth-order valence-electron chi connectivity index (χ4n) is 2.40. The first-order valence-corrected chi connectivity index (χ1v) is 10.9.